The molecule has 4 aliphatic rings. The summed E-state index contributed by atoms with van der Waals surface area (Å²) >= 11 is 0. The number of hydrogen-bond donors (Lipinski definition) is 1. The van der Waals surface area contributed by atoms with Crippen molar-refractivity contribution in [2.24, 2.45) is 22.7 Å². The predicted octanol–water partition coefficient (Wildman–Crippen LogP) is 2.53. The Hall–Kier alpha value is -0.680. The molecule has 2 fully saturated rings. The minimum atomic E-state index is -0.588. The fraction of sp³-hybridized carbons (Fsp3) is 0.778. The van der Waals surface area contributed by atoms with Crippen LogP contribution in [0.1, 0.15) is 26.7 Å². The predicted molar refractivity (Wildman–Crippen MR) is 84.3 cm³/mol. The molecule has 0 aromatic heterocycles. The molecule has 1 N–H and O–H groups in total. The Kier molecular flexibility index (Phi) is 4.01. The Morgan fingerprint density at radius 3 is 2.86 bits per heavy atom. The summed E-state index contributed by atoms with van der Waals surface area (Å²) < 4.78 is 17.8. The van der Waals surface area contributed by atoms with Gasteiger partial charge in [0.25, 0.3) is 0 Å². The smallest absolute Gasteiger partial charge is 0.163 e. The minimum absolute atomic E-state index is 0.0281. The van der Waals surface area contributed by atoms with Crippen molar-refractivity contribution < 1.29 is 19.3 Å². The Labute approximate surface area is 133 Å². The summed E-state index contributed by atoms with van der Waals surface area (Å²) in [5.41, 5.74) is -0.593. The fourth-order valence-corrected chi connectivity index (χ4v) is 4.89. The second kappa shape index (κ2) is 5.45. The Bertz CT molecular complexity index is 472. The summed E-state index contributed by atoms with van der Waals surface area (Å²) in [7, 11) is 1.71. The maximum atomic E-state index is 10.3. The standard InChI is InChI=1S/C18H28O4/c1-5-7-18-8-6-13(9-17(18,11-19)12-20-4)14-10-21-16(2,3)22-15(14)18/h5-6,8,13-15,19H,1,7,9-12H2,2-4H3/t13-,14+,15+,17-,18-/m1/s1. The van der Waals surface area contributed by atoms with E-state index in [4.69, 9.17) is 14.2 Å². The minimum Gasteiger partial charge on any atom is -0.396 e. The normalized spacial score (nSPS) is 45.5. The highest BCUT2D eigenvalue weighted by atomic mass is 16.7. The first-order valence-corrected chi connectivity index (χ1v) is 8.15. The molecule has 4 heteroatoms. The summed E-state index contributed by atoms with van der Waals surface area (Å²) in [5, 5.41) is 10.3. The molecular formula is C18H28O4. The van der Waals surface area contributed by atoms with Crippen molar-refractivity contribution >= 4 is 0 Å². The van der Waals surface area contributed by atoms with Crippen molar-refractivity contribution in [1.29, 1.82) is 0 Å². The van der Waals surface area contributed by atoms with Crippen LogP contribution in [0.25, 0.3) is 0 Å². The third-order valence-corrected chi connectivity index (χ3v) is 5.94. The number of rotatable bonds is 5. The molecule has 5 atom stereocenters. The lowest BCUT2D eigenvalue weighted by molar-refractivity contribution is -0.344. The van der Waals surface area contributed by atoms with Crippen LogP contribution in [-0.4, -0.2) is 43.9 Å². The number of methoxy groups -OCH3 is 1. The van der Waals surface area contributed by atoms with Crippen LogP contribution in [0.4, 0.5) is 0 Å². The average molecular weight is 308 g/mol. The van der Waals surface area contributed by atoms with Crippen LogP contribution in [0, 0.1) is 22.7 Å². The van der Waals surface area contributed by atoms with Gasteiger partial charge in [0, 0.05) is 23.9 Å². The van der Waals surface area contributed by atoms with E-state index in [1.807, 2.05) is 19.9 Å². The number of aliphatic hydroxyl groups excluding tert-OH is 1. The molecule has 0 aromatic carbocycles. The van der Waals surface area contributed by atoms with Crippen LogP contribution in [-0.2, 0) is 14.2 Å². The van der Waals surface area contributed by atoms with Gasteiger partial charge < -0.3 is 19.3 Å². The van der Waals surface area contributed by atoms with Crippen LogP contribution >= 0.6 is 0 Å². The molecule has 1 heterocycles. The van der Waals surface area contributed by atoms with E-state index in [0.717, 1.165) is 12.8 Å². The highest BCUT2D eigenvalue weighted by Gasteiger charge is 2.65. The van der Waals surface area contributed by atoms with Crippen molar-refractivity contribution in [3.8, 4) is 0 Å². The average Bonchev–Trinajstić information content (AvgIpc) is 2.48. The summed E-state index contributed by atoms with van der Waals surface area (Å²) in [5.74, 6) is 0.124. The summed E-state index contributed by atoms with van der Waals surface area (Å²) in [6.45, 7) is 9.23. The van der Waals surface area contributed by atoms with Crippen molar-refractivity contribution in [2.45, 2.75) is 38.6 Å². The molecule has 4 nitrogen and oxygen atoms in total. The molecule has 1 saturated heterocycles. The fourth-order valence-electron chi connectivity index (χ4n) is 4.89. The Morgan fingerprint density at radius 1 is 1.45 bits per heavy atom. The molecule has 4 rings (SSSR count). The third kappa shape index (κ3) is 2.12. The number of ether oxygens (including phenoxy) is 3. The quantitative estimate of drug-likeness (QED) is 0.793. The SMILES string of the molecule is C=CC[C@]12C=C[C@H](C[C@@]1(CO)COC)[C@@H]1COC(C)(C)O[C@@H]12. The molecule has 3 aliphatic carbocycles. The van der Waals surface area contributed by atoms with E-state index in [1.54, 1.807) is 7.11 Å². The summed E-state index contributed by atoms with van der Waals surface area (Å²) in [4.78, 5) is 0. The van der Waals surface area contributed by atoms with Crippen molar-refractivity contribution in [2.75, 3.05) is 26.9 Å². The van der Waals surface area contributed by atoms with Gasteiger partial charge in [-0.1, -0.05) is 18.2 Å². The number of hydrogen-bond acceptors (Lipinski definition) is 4. The van der Waals surface area contributed by atoms with Gasteiger partial charge in [-0.05, 0) is 32.6 Å². The zero-order chi connectivity index (χ0) is 16.0. The summed E-state index contributed by atoms with van der Waals surface area (Å²) in [6.07, 6.45) is 8.21. The molecule has 22 heavy (non-hydrogen) atoms. The highest BCUT2D eigenvalue weighted by molar-refractivity contribution is 5.27. The van der Waals surface area contributed by atoms with Gasteiger partial charge >= 0.3 is 0 Å². The zero-order valence-electron chi connectivity index (χ0n) is 13.9. The van der Waals surface area contributed by atoms with Crippen LogP contribution in [0.5, 0.6) is 0 Å². The van der Waals surface area contributed by atoms with Crippen LogP contribution in [0.3, 0.4) is 0 Å². The monoisotopic (exact) mass is 308 g/mol. The van der Waals surface area contributed by atoms with E-state index >= 15 is 0 Å². The van der Waals surface area contributed by atoms with E-state index in [0.29, 0.717) is 25.0 Å². The molecule has 0 spiro atoms. The van der Waals surface area contributed by atoms with E-state index < -0.39 is 5.79 Å². The third-order valence-electron chi connectivity index (χ3n) is 5.94. The second-order valence-electron chi connectivity index (χ2n) is 7.54. The highest BCUT2D eigenvalue weighted by Crippen LogP contribution is 2.63. The van der Waals surface area contributed by atoms with Gasteiger partial charge in [-0.3, -0.25) is 0 Å². The lowest BCUT2D eigenvalue weighted by Crippen LogP contribution is -2.67. The number of fused-ring (bicyclic) bond motifs is 1. The van der Waals surface area contributed by atoms with Crippen molar-refractivity contribution in [3.63, 3.8) is 0 Å². The van der Waals surface area contributed by atoms with E-state index in [-0.39, 0.29) is 23.5 Å². The molecule has 1 saturated carbocycles. The maximum Gasteiger partial charge on any atom is 0.163 e. The largest absolute Gasteiger partial charge is 0.396 e. The van der Waals surface area contributed by atoms with E-state index in [2.05, 4.69) is 18.7 Å². The zero-order valence-corrected chi connectivity index (χ0v) is 13.9. The second-order valence-corrected chi connectivity index (χ2v) is 7.54. The van der Waals surface area contributed by atoms with Gasteiger partial charge in [-0.15, -0.1) is 6.58 Å². The van der Waals surface area contributed by atoms with Gasteiger partial charge in [0.1, 0.15) is 0 Å². The van der Waals surface area contributed by atoms with E-state index in [9.17, 15) is 5.11 Å². The van der Waals surface area contributed by atoms with Gasteiger partial charge in [-0.25, -0.2) is 0 Å². The maximum absolute atomic E-state index is 10.3. The van der Waals surface area contributed by atoms with Gasteiger partial charge in [0.05, 0.1) is 25.9 Å². The van der Waals surface area contributed by atoms with Gasteiger partial charge in [-0.2, -0.15) is 0 Å². The number of aliphatic hydroxyl groups is 1. The van der Waals surface area contributed by atoms with Crippen LogP contribution < -0.4 is 0 Å². The first-order valence-electron chi connectivity index (χ1n) is 8.15. The molecule has 1 aliphatic heterocycles. The first-order chi connectivity index (χ1) is 10.4. The van der Waals surface area contributed by atoms with Gasteiger partial charge in [0.2, 0.25) is 0 Å². The molecule has 0 amide bonds. The van der Waals surface area contributed by atoms with E-state index in [1.165, 1.54) is 0 Å². The van der Waals surface area contributed by atoms with Crippen LogP contribution in [0.15, 0.2) is 24.8 Å². The van der Waals surface area contributed by atoms with Gasteiger partial charge in [0.15, 0.2) is 5.79 Å². The van der Waals surface area contributed by atoms with Crippen LogP contribution in [0.2, 0.25) is 0 Å². The molecular weight excluding hydrogens is 280 g/mol. The molecule has 0 unspecified atom stereocenters. The Balaban J connectivity index is 2.08. The summed E-state index contributed by atoms with van der Waals surface area (Å²) in [6, 6.07) is 0. The molecule has 0 radical (unpaired) electrons. The first kappa shape index (κ1) is 16.2. The van der Waals surface area contributed by atoms with Crippen molar-refractivity contribution in [1.82, 2.24) is 0 Å². The lowest BCUT2D eigenvalue weighted by Gasteiger charge is -2.64. The Morgan fingerprint density at radius 2 is 2.23 bits per heavy atom. The molecule has 0 aromatic rings. The molecule has 124 valence electrons. The number of allylic oxidation sites excluding steroid dienone is 2. The lowest BCUT2D eigenvalue weighted by atomic mass is 9.45. The topological polar surface area (TPSA) is 47.9 Å². The molecule has 2 bridgehead atoms. The van der Waals surface area contributed by atoms with Crippen molar-refractivity contribution in [3.05, 3.63) is 24.8 Å².